The Labute approximate surface area is 117 Å². The number of rotatable bonds is 7. The number of nitrogens with zero attached hydrogens (tertiary/aromatic N) is 1. The molecule has 112 valence electrons. The van der Waals surface area contributed by atoms with Crippen LogP contribution in [-0.2, 0) is 9.59 Å². The summed E-state index contributed by atoms with van der Waals surface area (Å²) in [6, 6.07) is 0. The van der Waals surface area contributed by atoms with Crippen LogP contribution in [0.1, 0.15) is 53.4 Å². The molecule has 4 nitrogen and oxygen atoms in total. The minimum absolute atomic E-state index is 0.000618. The standard InChI is InChI=1S/C13H24N2O2.C2H6/c1-11(12(2)16)5-6-13(17)14-7-10-15-8-3-4-9-15;1-2/h11H,3-10H2,1-2H3,(H,14,17);1-2H3/t11-;/m0./s1. The van der Waals surface area contributed by atoms with E-state index in [0.717, 1.165) is 26.2 Å². The lowest BCUT2D eigenvalue weighted by molar-refractivity contribution is -0.122. The quantitative estimate of drug-likeness (QED) is 0.772. The van der Waals surface area contributed by atoms with E-state index in [4.69, 9.17) is 0 Å². The van der Waals surface area contributed by atoms with Crippen molar-refractivity contribution in [3.63, 3.8) is 0 Å². The van der Waals surface area contributed by atoms with Gasteiger partial charge in [-0.1, -0.05) is 20.8 Å². The van der Waals surface area contributed by atoms with Crippen molar-refractivity contribution in [3.8, 4) is 0 Å². The fraction of sp³-hybridized carbons (Fsp3) is 0.867. The number of hydrogen-bond acceptors (Lipinski definition) is 3. The van der Waals surface area contributed by atoms with Crippen LogP contribution in [0.5, 0.6) is 0 Å². The van der Waals surface area contributed by atoms with Crippen LogP contribution in [0.3, 0.4) is 0 Å². The monoisotopic (exact) mass is 270 g/mol. The largest absolute Gasteiger partial charge is 0.355 e. The fourth-order valence-electron chi connectivity index (χ4n) is 2.00. The van der Waals surface area contributed by atoms with E-state index in [2.05, 4.69) is 10.2 Å². The molecule has 1 N–H and O–H groups in total. The molecule has 0 bridgehead atoms. The van der Waals surface area contributed by atoms with Gasteiger partial charge in [0, 0.05) is 25.4 Å². The molecule has 4 heteroatoms. The summed E-state index contributed by atoms with van der Waals surface area (Å²) in [5.41, 5.74) is 0. The number of hydrogen-bond donors (Lipinski definition) is 1. The van der Waals surface area contributed by atoms with E-state index < -0.39 is 0 Å². The smallest absolute Gasteiger partial charge is 0.220 e. The number of Topliss-reactive ketones (excluding diaryl/α,β-unsaturated/α-hetero) is 1. The van der Waals surface area contributed by atoms with Gasteiger partial charge in [-0.2, -0.15) is 0 Å². The van der Waals surface area contributed by atoms with Crippen molar-refractivity contribution in [2.24, 2.45) is 5.92 Å². The highest BCUT2D eigenvalue weighted by Gasteiger charge is 2.12. The van der Waals surface area contributed by atoms with Crippen LogP contribution in [0.4, 0.5) is 0 Å². The van der Waals surface area contributed by atoms with Gasteiger partial charge in [-0.15, -0.1) is 0 Å². The van der Waals surface area contributed by atoms with Crippen molar-refractivity contribution in [2.45, 2.75) is 53.4 Å². The summed E-state index contributed by atoms with van der Waals surface area (Å²) >= 11 is 0. The lowest BCUT2D eigenvalue weighted by Crippen LogP contribution is -2.33. The van der Waals surface area contributed by atoms with Crippen LogP contribution in [0.25, 0.3) is 0 Å². The predicted molar refractivity (Wildman–Crippen MR) is 79.1 cm³/mol. The molecule has 19 heavy (non-hydrogen) atoms. The minimum Gasteiger partial charge on any atom is -0.355 e. The molecule has 0 radical (unpaired) electrons. The van der Waals surface area contributed by atoms with E-state index in [0.29, 0.717) is 12.8 Å². The number of nitrogens with one attached hydrogen (secondary N) is 1. The molecule has 0 aromatic carbocycles. The first-order chi connectivity index (χ1) is 9.09. The van der Waals surface area contributed by atoms with E-state index in [1.807, 2.05) is 20.8 Å². The van der Waals surface area contributed by atoms with Gasteiger partial charge in [0.1, 0.15) is 5.78 Å². The molecule has 1 amide bonds. The first kappa shape index (κ1) is 18.1. The van der Waals surface area contributed by atoms with Gasteiger partial charge < -0.3 is 10.2 Å². The second-order valence-electron chi connectivity index (χ2n) is 4.95. The zero-order valence-corrected chi connectivity index (χ0v) is 13.0. The summed E-state index contributed by atoms with van der Waals surface area (Å²) in [4.78, 5) is 24.9. The van der Waals surface area contributed by atoms with E-state index in [1.165, 1.54) is 12.8 Å². The van der Waals surface area contributed by atoms with Crippen LogP contribution in [-0.4, -0.2) is 42.8 Å². The molecule has 1 aliphatic heterocycles. The van der Waals surface area contributed by atoms with Gasteiger partial charge in [-0.25, -0.2) is 0 Å². The van der Waals surface area contributed by atoms with Crippen LogP contribution in [0.2, 0.25) is 0 Å². The average molecular weight is 270 g/mol. The third-order valence-electron chi connectivity index (χ3n) is 3.45. The summed E-state index contributed by atoms with van der Waals surface area (Å²) < 4.78 is 0. The molecule has 1 saturated heterocycles. The summed E-state index contributed by atoms with van der Waals surface area (Å²) in [5, 5.41) is 2.91. The first-order valence-corrected chi connectivity index (χ1v) is 7.59. The van der Waals surface area contributed by atoms with E-state index in [1.54, 1.807) is 6.92 Å². The number of likely N-dealkylation sites (tertiary alicyclic amines) is 1. The van der Waals surface area contributed by atoms with Gasteiger partial charge in [-0.3, -0.25) is 9.59 Å². The van der Waals surface area contributed by atoms with Gasteiger partial charge in [0.15, 0.2) is 0 Å². The molecule has 1 heterocycles. The highest BCUT2D eigenvalue weighted by molar-refractivity contribution is 5.80. The molecular formula is C15H30N2O2. The zero-order valence-electron chi connectivity index (χ0n) is 13.0. The number of carbonyl (C=O) groups excluding carboxylic acids is 2. The Kier molecular flexibility index (Phi) is 10.5. The molecule has 0 aliphatic carbocycles. The lowest BCUT2D eigenvalue weighted by atomic mass is 10.0. The molecule has 0 saturated carbocycles. The van der Waals surface area contributed by atoms with Gasteiger partial charge >= 0.3 is 0 Å². The van der Waals surface area contributed by atoms with Crippen molar-refractivity contribution in [2.75, 3.05) is 26.2 Å². The molecule has 0 aromatic rings. The fourth-order valence-corrected chi connectivity index (χ4v) is 2.00. The topological polar surface area (TPSA) is 49.4 Å². The minimum atomic E-state index is -0.000618. The number of ketones is 1. The summed E-state index contributed by atoms with van der Waals surface area (Å²) in [5.74, 6) is 0.228. The second kappa shape index (κ2) is 11.0. The highest BCUT2D eigenvalue weighted by Crippen LogP contribution is 2.07. The average Bonchev–Trinajstić information content (AvgIpc) is 2.91. The lowest BCUT2D eigenvalue weighted by Gasteiger charge is -2.15. The van der Waals surface area contributed by atoms with Gasteiger partial charge in [0.25, 0.3) is 0 Å². The molecule has 1 fully saturated rings. The van der Waals surface area contributed by atoms with Crippen molar-refractivity contribution < 1.29 is 9.59 Å². The van der Waals surface area contributed by atoms with Crippen LogP contribution < -0.4 is 5.32 Å². The Balaban J connectivity index is 0.00000154. The van der Waals surface area contributed by atoms with E-state index >= 15 is 0 Å². The van der Waals surface area contributed by atoms with Crippen LogP contribution in [0, 0.1) is 5.92 Å². The molecule has 0 unspecified atom stereocenters. The molecule has 1 atom stereocenters. The summed E-state index contributed by atoms with van der Waals surface area (Å²) in [6.07, 6.45) is 3.68. The zero-order chi connectivity index (χ0) is 14.7. The summed E-state index contributed by atoms with van der Waals surface area (Å²) in [7, 11) is 0. The second-order valence-corrected chi connectivity index (χ2v) is 4.95. The molecule has 1 aliphatic rings. The van der Waals surface area contributed by atoms with Gasteiger partial charge in [0.2, 0.25) is 5.91 Å². The van der Waals surface area contributed by atoms with Crippen LogP contribution >= 0.6 is 0 Å². The third kappa shape index (κ3) is 8.76. The van der Waals surface area contributed by atoms with Crippen molar-refractivity contribution in [1.29, 1.82) is 0 Å². The maximum absolute atomic E-state index is 11.5. The normalized spacial score (nSPS) is 16.4. The van der Waals surface area contributed by atoms with Crippen molar-refractivity contribution >= 4 is 11.7 Å². The maximum Gasteiger partial charge on any atom is 0.220 e. The first-order valence-electron chi connectivity index (χ1n) is 7.59. The molecular weight excluding hydrogens is 240 g/mol. The Hall–Kier alpha value is -0.900. The number of carbonyl (C=O) groups is 2. The Morgan fingerprint density at radius 3 is 2.32 bits per heavy atom. The van der Waals surface area contributed by atoms with Crippen LogP contribution in [0.15, 0.2) is 0 Å². The summed E-state index contributed by atoms with van der Waals surface area (Å²) in [6.45, 7) is 11.5. The number of amides is 1. The van der Waals surface area contributed by atoms with Gasteiger partial charge in [-0.05, 0) is 39.3 Å². The highest BCUT2D eigenvalue weighted by atomic mass is 16.1. The third-order valence-corrected chi connectivity index (χ3v) is 3.45. The maximum atomic E-state index is 11.5. The Bertz CT molecular complexity index is 261. The van der Waals surface area contributed by atoms with E-state index in [9.17, 15) is 9.59 Å². The Morgan fingerprint density at radius 2 is 1.79 bits per heavy atom. The molecule has 1 rings (SSSR count). The molecule has 0 aromatic heterocycles. The van der Waals surface area contributed by atoms with Gasteiger partial charge in [0.05, 0.1) is 0 Å². The predicted octanol–water partition coefficient (Wildman–Crippen LogP) is 2.23. The molecule has 0 spiro atoms. The van der Waals surface area contributed by atoms with E-state index in [-0.39, 0.29) is 17.6 Å². The van der Waals surface area contributed by atoms with Crippen molar-refractivity contribution in [1.82, 2.24) is 10.2 Å². The SMILES string of the molecule is CC.CC(=O)[C@@H](C)CCC(=O)NCCN1CCCC1. The van der Waals surface area contributed by atoms with Crippen molar-refractivity contribution in [3.05, 3.63) is 0 Å². The Morgan fingerprint density at radius 1 is 1.21 bits per heavy atom.